The molecule has 2 N–H and O–H groups in total. The maximum atomic E-state index is 6.15. The van der Waals surface area contributed by atoms with Crippen LogP contribution in [0.5, 0.6) is 0 Å². The second kappa shape index (κ2) is 4.98. The van der Waals surface area contributed by atoms with E-state index in [1.165, 1.54) is 12.0 Å². The van der Waals surface area contributed by atoms with E-state index in [2.05, 4.69) is 45.9 Å². The number of rotatable bonds is 3. The zero-order valence-electron chi connectivity index (χ0n) is 10.6. The van der Waals surface area contributed by atoms with Crippen LogP contribution in [0.25, 0.3) is 0 Å². The Hall–Kier alpha value is -0.560. The third-order valence-electron chi connectivity index (χ3n) is 2.76. The first-order valence-corrected chi connectivity index (χ1v) is 5.99. The van der Waals surface area contributed by atoms with Gasteiger partial charge in [0, 0.05) is 6.04 Å². The average Bonchev–Trinajstić information content (AvgIpc) is 2.05. The van der Waals surface area contributed by atoms with Gasteiger partial charge in [-0.3, -0.25) is 0 Å². The minimum Gasteiger partial charge on any atom is -0.327 e. The van der Waals surface area contributed by atoms with E-state index >= 15 is 0 Å². The Bertz CT molecular complexity index is 255. The summed E-state index contributed by atoms with van der Waals surface area (Å²) in [5.74, 6) is 0.701. The lowest BCUT2D eigenvalue weighted by Gasteiger charge is -2.24. The van der Waals surface area contributed by atoms with E-state index in [1.807, 2.05) is 0 Å². The first-order chi connectivity index (χ1) is 6.87. The molecule has 1 aliphatic rings. The summed E-state index contributed by atoms with van der Waals surface area (Å²) in [6.07, 6.45) is 10.2. The standard InChI is InChI=1S/C14H25N/c1-11-5-7-12(8-6-11)9-13(15)10-14(2,3)4/h5,7-8,11,13H,6,9-10,15H2,1-4H3. The molecule has 0 radical (unpaired) electrons. The van der Waals surface area contributed by atoms with Crippen LogP contribution >= 0.6 is 0 Å². The number of hydrogen-bond acceptors (Lipinski definition) is 1. The van der Waals surface area contributed by atoms with Gasteiger partial charge in [0.2, 0.25) is 0 Å². The van der Waals surface area contributed by atoms with E-state index in [1.54, 1.807) is 0 Å². The first-order valence-electron chi connectivity index (χ1n) is 5.99. The van der Waals surface area contributed by atoms with Crippen LogP contribution in [0.2, 0.25) is 0 Å². The second-order valence-corrected chi connectivity index (χ2v) is 6.08. The molecule has 0 spiro atoms. The number of hydrogen-bond donors (Lipinski definition) is 1. The van der Waals surface area contributed by atoms with Gasteiger partial charge in [0.1, 0.15) is 0 Å². The molecular formula is C14H25N. The minimum absolute atomic E-state index is 0.300. The van der Waals surface area contributed by atoms with Gasteiger partial charge in [-0.2, -0.15) is 0 Å². The maximum Gasteiger partial charge on any atom is 0.00841 e. The van der Waals surface area contributed by atoms with E-state index in [0.717, 1.165) is 12.8 Å². The van der Waals surface area contributed by atoms with Crippen molar-refractivity contribution in [2.45, 2.75) is 53.0 Å². The van der Waals surface area contributed by atoms with E-state index in [-0.39, 0.29) is 0 Å². The molecule has 0 saturated carbocycles. The quantitative estimate of drug-likeness (QED) is 0.751. The van der Waals surface area contributed by atoms with Crippen molar-refractivity contribution >= 4 is 0 Å². The average molecular weight is 207 g/mol. The molecule has 0 saturated heterocycles. The van der Waals surface area contributed by atoms with Gasteiger partial charge in [-0.05, 0) is 30.6 Å². The molecule has 0 bridgehead atoms. The molecule has 0 heterocycles. The SMILES string of the molecule is CC1C=CC(CC(N)CC(C)(C)C)=CC1. The normalized spacial score (nSPS) is 23.8. The van der Waals surface area contributed by atoms with Crippen LogP contribution < -0.4 is 5.73 Å². The molecule has 1 heteroatoms. The first kappa shape index (κ1) is 12.5. The topological polar surface area (TPSA) is 26.0 Å². The zero-order valence-corrected chi connectivity index (χ0v) is 10.6. The molecule has 0 amide bonds. The van der Waals surface area contributed by atoms with Crippen molar-refractivity contribution < 1.29 is 0 Å². The van der Waals surface area contributed by atoms with Crippen LogP contribution in [-0.2, 0) is 0 Å². The Morgan fingerprint density at radius 2 is 2.13 bits per heavy atom. The van der Waals surface area contributed by atoms with Gasteiger partial charge in [0.05, 0.1) is 0 Å². The van der Waals surface area contributed by atoms with Gasteiger partial charge in [-0.15, -0.1) is 0 Å². The Labute approximate surface area is 94.4 Å². The highest BCUT2D eigenvalue weighted by molar-refractivity contribution is 5.24. The fourth-order valence-corrected chi connectivity index (χ4v) is 2.08. The number of nitrogens with two attached hydrogens (primary N) is 1. The van der Waals surface area contributed by atoms with Crippen molar-refractivity contribution in [1.29, 1.82) is 0 Å². The molecule has 15 heavy (non-hydrogen) atoms. The van der Waals surface area contributed by atoms with Crippen LogP contribution in [0.15, 0.2) is 23.8 Å². The second-order valence-electron chi connectivity index (χ2n) is 6.08. The molecule has 0 aliphatic heterocycles. The summed E-state index contributed by atoms with van der Waals surface area (Å²) in [7, 11) is 0. The van der Waals surface area contributed by atoms with Crippen molar-refractivity contribution in [3.8, 4) is 0 Å². The third kappa shape index (κ3) is 5.17. The lowest BCUT2D eigenvalue weighted by Crippen LogP contribution is -2.26. The lowest BCUT2D eigenvalue weighted by atomic mass is 9.85. The summed E-state index contributed by atoms with van der Waals surface area (Å²) in [5.41, 5.74) is 7.91. The van der Waals surface area contributed by atoms with Gasteiger partial charge in [0.25, 0.3) is 0 Å². The molecule has 1 aliphatic carbocycles. The van der Waals surface area contributed by atoms with Crippen molar-refractivity contribution in [3.05, 3.63) is 23.8 Å². The Balaban J connectivity index is 2.39. The van der Waals surface area contributed by atoms with E-state index in [9.17, 15) is 0 Å². The Morgan fingerprint density at radius 3 is 2.60 bits per heavy atom. The fraction of sp³-hybridized carbons (Fsp3) is 0.714. The van der Waals surface area contributed by atoms with Crippen LogP contribution in [0.1, 0.15) is 47.0 Å². The zero-order chi connectivity index (χ0) is 11.5. The number of allylic oxidation sites excluding steroid dienone is 3. The minimum atomic E-state index is 0.300. The highest BCUT2D eigenvalue weighted by Crippen LogP contribution is 2.25. The molecule has 1 nitrogen and oxygen atoms in total. The Kier molecular flexibility index (Phi) is 4.15. The molecule has 2 unspecified atom stereocenters. The van der Waals surface area contributed by atoms with Crippen molar-refractivity contribution in [3.63, 3.8) is 0 Å². The third-order valence-corrected chi connectivity index (χ3v) is 2.76. The molecule has 0 aromatic rings. The van der Waals surface area contributed by atoms with Gasteiger partial charge in [0.15, 0.2) is 0 Å². The summed E-state index contributed by atoms with van der Waals surface area (Å²) in [6, 6.07) is 0.300. The van der Waals surface area contributed by atoms with E-state index in [0.29, 0.717) is 17.4 Å². The van der Waals surface area contributed by atoms with Crippen molar-refractivity contribution in [1.82, 2.24) is 0 Å². The molecule has 2 atom stereocenters. The lowest BCUT2D eigenvalue weighted by molar-refractivity contribution is 0.338. The van der Waals surface area contributed by atoms with E-state index < -0.39 is 0 Å². The fourth-order valence-electron chi connectivity index (χ4n) is 2.08. The molecule has 0 aromatic heterocycles. The summed E-state index contributed by atoms with van der Waals surface area (Å²) in [5, 5.41) is 0. The highest BCUT2D eigenvalue weighted by atomic mass is 14.6. The predicted octanol–water partition coefficient (Wildman–Crippen LogP) is 3.66. The van der Waals surface area contributed by atoms with Gasteiger partial charge < -0.3 is 5.73 Å². The summed E-state index contributed by atoms with van der Waals surface area (Å²) in [4.78, 5) is 0. The van der Waals surface area contributed by atoms with Crippen LogP contribution in [0, 0.1) is 11.3 Å². The maximum absolute atomic E-state index is 6.15. The van der Waals surface area contributed by atoms with Crippen LogP contribution in [0.4, 0.5) is 0 Å². The van der Waals surface area contributed by atoms with E-state index in [4.69, 9.17) is 5.73 Å². The molecular weight excluding hydrogens is 182 g/mol. The molecule has 0 fully saturated rings. The van der Waals surface area contributed by atoms with Crippen molar-refractivity contribution in [2.24, 2.45) is 17.1 Å². The molecule has 1 rings (SSSR count). The molecule has 86 valence electrons. The highest BCUT2D eigenvalue weighted by Gasteiger charge is 2.16. The monoisotopic (exact) mass is 207 g/mol. The van der Waals surface area contributed by atoms with Crippen molar-refractivity contribution in [2.75, 3.05) is 0 Å². The Morgan fingerprint density at radius 1 is 1.47 bits per heavy atom. The predicted molar refractivity (Wildman–Crippen MR) is 67.7 cm³/mol. The van der Waals surface area contributed by atoms with Crippen LogP contribution in [0.3, 0.4) is 0 Å². The molecule has 0 aromatic carbocycles. The van der Waals surface area contributed by atoms with Gasteiger partial charge >= 0.3 is 0 Å². The van der Waals surface area contributed by atoms with Crippen LogP contribution in [-0.4, -0.2) is 6.04 Å². The summed E-state index contributed by atoms with van der Waals surface area (Å²) in [6.45, 7) is 9.00. The van der Waals surface area contributed by atoms with Gasteiger partial charge in [-0.25, -0.2) is 0 Å². The largest absolute Gasteiger partial charge is 0.327 e. The smallest absolute Gasteiger partial charge is 0.00841 e. The summed E-state index contributed by atoms with van der Waals surface area (Å²) >= 11 is 0. The summed E-state index contributed by atoms with van der Waals surface area (Å²) < 4.78 is 0. The van der Waals surface area contributed by atoms with Gasteiger partial charge in [-0.1, -0.05) is 51.5 Å².